The second-order valence-electron chi connectivity index (χ2n) is 4.93. The zero-order valence-corrected chi connectivity index (χ0v) is 15.6. The molecule has 2 rings (SSSR count). The van der Waals surface area contributed by atoms with Crippen LogP contribution in [0.1, 0.15) is 18.1 Å². The van der Waals surface area contributed by atoms with Gasteiger partial charge in [-0.2, -0.15) is 0 Å². The first-order valence-electron chi connectivity index (χ1n) is 6.97. The van der Waals surface area contributed by atoms with Gasteiger partial charge in [-0.1, -0.05) is 28.9 Å². The molecule has 5 heteroatoms. The summed E-state index contributed by atoms with van der Waals surface area (Å²) in [6, 6.07) is 11.6. The van der Waals surface area contributed by atoms with Gasteiger partial charge in [-0.25, -0.2) is 0 Å². The van der Waals surface area contributed by atoms with Gasteiger partial charge in [-0.15, -0.1) is 0 Å². The van der Waals surface area contributed by atoms with Crippen molar-refractivity contribution in [3.05, 3.63) is 56.5 Å². The molecule has 116 valence electrons. The molecule has 0 radical (unpaired) electrons. The van der Waals surface area contributed by atoms with Crippen molar-refractivity contribution in [3.63, 3.8) is 0 Å². The molecule has 2 aromatic rings. The summed E-state index contributed by atoms with van der Waals surface area (Å²) >= 11 is 6.88. The summed E-state index contributed by atoms with van der Waals surface area (Å²) in [5.41, 5.74) is 2.94. The number of amides is 1. The summed E-state index contributed by atoms with van der Waals surface area (Å²) in [4.78, 5) is 12.0. The third kappa shape index (κ3) is 4.58. The molecule has 0 aromatic heterocycles. The SMILES string of the molecule is CCc1cc(Br)ccc1OCC(=O)Nc1ccc(C)cc1Br. The van der Waals surface area contributed by atoms with Crippen molar-refractivity contribution in [3.8, 4) is 5.75 Å². The van der Waals surface area contributed by atoms with Crippen LogP contribution in [0.25, 0.3) is 0 Å². The third-order valence-electron chi connectivity index (χ3n) is 3.16. The number of rotatable bonds is 5. The molecule has 3 nitrogen and oxygen atoms in total. The number of nitrogens with one attached hydrogen (secondary N) is 1. The van der Waals surface area contributed by atoms with Gasteiger partial charge in [0.15, 0.2) is 6.61 Å². The number of halogens is 2. The summed E-state index contributed by atoms with van der Waals surface area (Å²) in [7, 11) is 0. The lowest BCUT2D eigenvalue weighted by molar-refractivity contribution is -0.118. The molecule has 0 atom stereocenters. The van der Waals surface area contributed by atoms with E-state index >= 15 is 0 Å². The molecule has 1 N–H and O–H groups in total. The van der Waals surface area contributed by atoms with Crippen molar-refractivity contribution in [2.75, 3.05) is 11.9 Å². The Morgan fingerprint density at radius 1 is 1.18 bits per heavy atom. The fourth-order valence-electron chi connectivity index (χ4n) is 2.02. The molecule has 0 unspecified atom stereocenters. The lowest BCUT2D eigenvalue weighted by atomic mass is 10.1. The second kappa shape index (κ2) is 7.79. The summed E-state index contributed by atoms with van der Waals surface area (Å²) in [6.45, 7) is 4.03. The minimum Gasteiger partial charge on any atom is -0.483 e. The van der Waals surface area contributed by atoms with Crippen molar-refractivity contribution in [1.82, 2.24) is 0 Å². The van der Waals surface area contributed by atoms with Gasteiger partial charge in [0.05, 0.1) is 5.69 Å². The van der Waals surface area contributed by atoms with Crippen LogP contribution >= 0.6 is 31.9 Å². The normalized spacial score (nSPS) is 10.4. The molecule has 0 spiro atoms. The van der Waals surface area contributed by atoms with E-state index in [0.29, 0.717) is 0 Å². The minimum atomic E-state index is -0.186. The second-order valence-corrected chi connectivity index (χ2v) is 6.70. The van der Waals surface area contributed by atoms with Crippen LogP contribution in [0.3, 0.4) is 0 Å². The van der Waals surface area contributed by atoms with E-state index in [2.05, 4.69) is 44.1 Å². The minimum absolute atomic E-state index is 0.0189. The maximum atomic E-state index is 12.0. The van der Waals surface area contributed by atoms with E-state index < -0.39 is 0 Å². The topological polar surface area (TPSA) is 38.3 Å². The first-order valence-corrected chi connectivity index (χ1v) is 8.55. The number of hydrogen-bond donors (Lipinski definition) is 1. The predicted molar refractivity (Wildman–Crippen MR) is 96.5 cm³/mol. The zero-order chi connectivity index (χ0) is 16.1. The lowest BCUT2D eigenvalue weighted by Gasteiger charge is -2.12. The largest absolute Gasteiger partial charge is 0.483 e. The smallest absolute Gasteiger partial charge is 0.262 e. The van der Waals surface area contributed by atoms with Crippen LogP contribution in [-0.2, 0) is 11.2 Å². The standard InChI is InChI=1S/C17H17Br2NO2/c1-3-12-9-13(18)5-7-16(12)22-10-17(21)20-15-6-4-11(2)8-14(15)19/h4-9H,3,10H2,1-2H3,(H,20,21). The molecule has 0 bridgehead atoms. The summed E-state index contributed by atoms with van der Waals surface area (Å²) in [6.07, 6.45) is 0.847. The maximum absolute atomic E-state index is 12.0. The van der Waals surface area contributed by atoms with Crippen molar-refractivity contribution >= 4 is 43.5 Å². The first kappa shape index (κ1) is 17.0. The number of benzene rings is 2. The molecular weight excluding hydrogens is 410 g/mol. The zero-order valence-electron chi connectivity index (χ0n) is 12.5. The summed E-state index contributed by atoms with van der Waals surface area (Å²) in [5, 5.41) is 2.84. The van der Waals surface area contributed by atoms with Gasteiger partial charge in [0.1, 0.15) is 5.75 Å². The van der Waals surface area contributed by atoms with E-state index in [-0.39, 0.29) is 12.5 Å². The molecule has 0 fully saturated rings. The Balaban J connectivity index is 1.98. The van der Waals surface area contributed by atoms with Gasteiger partial charge >= 0.3 is 0 Å². The van der Waals surface area contributed by atoms with Gasteiger partial charge in [0, 0.05) is 8.95 Å². The van der Waals surface area contributed by atoms with Gasteiger partial charge < -0.3 is 10.1 Å². The Hall–Kier alpha value is -1.33. The van der Waals surface area contributed by atoms with Crippen LogP contribution in [0, 0.1) is 6.92 Å². The van der Waals surface area contributed by atoms with E-state index in [1.165, 1.54) is 0 Å². The third-order valence-corrected chi connectivity index (χ3v) is 4.31. The van der Waals surface area contributed by atoms with Gasteiger partial charge in [-0.05, 0) is 70.7 Å². The number of carbonyl (C=O) groups is 1. The lowest BCUT2D eigenvalue weighted by Crippen LogP contribution is -2.20. The predicted octanol–water partition coefficient (Wildman–Crippen LogP) is 5.10. The summed E-state index contributed by atoms with van der Waals surface area (Å²) in [5.74, 6) is 0.554. The van der Waals surface area contributed by atoms with Crippen molar-refractivity contribution in [1.29, 1.82) is 0 Å². The van der Waals surface area contributed by atoms with E-state index in [1.54, 1.807) is 0 Å². The van der Waals surface area contributed by atoms with E-state index in [9.17, 15) is 4.79 Å². The number of aryl methyl sites for hydroxylation is 2. The first-order chi connectivity index (χ1) is 10.5. The summed E-state index contributed by atoms with van der Waals surface area (Å²) < 4.78 is 7.50. The van der Waals surface area contributed by atoms with Crippen LogP contribution in [-0.4, -0.2) is 12.5 Å². The van der Waals surface area contributed by atoms with Crippen LogP contribution in [0.4, 0.5) is 5.69 Å². The molecular formula is C17H17Br2NO2. The highest BCUT2D eigenvalue weighted by atomic mass is 79.9. The van der Waals surface area contributed by atoms with Crippen molar-refractivity contribution in [2.24, 2.45) is 0 Å². The molecule has 0 aliphatic carbocycles. The Bertz CT molecular complexity index is 686. The van der Waals surface area contributed by atoms with Crippen LogP contribution in [0.5, 0.6) is 5.75 Å². The Kier molecular flexibility index (Phi) is 6.03. The monoisotopic (exact) mass is 425 g/mol. The Morgan fingerprint density at radius 2 is 1.95 bits per heavy atom. The van der Waals surface area contributed by atoms with Gasteiger partial charge in [-0.3, -0.25) is 4.79 Å². The number of hydrogen-bond acceptors (Lipinski definition) is 2. The molecule has 2 aromatic carbocycles. The van der Waals surface area contributed by atoms with Crippen LogP contribution < -0.4 is 10.1 Å². The molecule has 0 saturated heterocycles. The number of carbonyl (C=O) groups excluding carboxylic acids is 1. The van der Waals surface area contributed by atoms with Crippen molar-refractivity contribution in [2.45, 2.75) is 20.3 Å². The fourth-order valence-corrected chi connectivity index (χ4v) is 3.02. The van der Waals surface area contributed by atoms with Crippen LogP contribution in [0.15, 0.2) is 45.3 Å². The molecule has 0 aliphatic heterocycles. The van der Waals surface area contributed by atoms with E-state index in [1.807, 2.05) is 43.3 Å². The highest BCUT2D eigenvalue weighted by molar-refractivity contribution is 9.10. The Labute approximate surface area is 147 Å². The van der Waals surface area contributed by atoms with Crippen LogP contribution in [0.2, 0.25) is 0 Å². The molecule has 0 saturated carbocycles. The van der Waals surface area contributed by atoms with Gasteiger partial charge in [0.2, 0.25) is 0 Å². The molecule has 0 heterocycles. The quantitative estimate of drug-likeness (QED) is 0.722. The van der Waals surface area contributed by atoms with E-state index in [4.69, 9.17) is 4.74 Å². The molecule has 0 aliphatic rings. The average Bonchev–Trinajstić information content (AvgIpc) is 2.48. The van der Waals surface area contributed by atoms with Crippen molar-refractivity contribution < 1.29 is 9.53 Å². The fraction of sp³-hybridized carbons (Fsp3) is 0.235. The van der Waals surface area contributed by atoms with Gasteiger partial charge in [0.25, 0.3) is 5.91 Å². The number of ether oxygens (including phenoxy) is 1. The average molecular weight is 427 g/mol. The molecule has 22 heavy (non-hydrogen) atoms. The number of anilines is 1. The highest BCUT2D eigenvalue weighted by Crippen LogP contribution is 2.25. The van der Waals surface area contributed by atoms with E-state index in [0.717, 1.165) is 37.9 Å². The Morgan fingerprint density at radius 3 is 2.64 bits per heavy atom. The molecule has 1 amide bonds. The maximum Gasteiger partial charge on any atom is 0.262 e. The highest BCUT2D eigenvalue weighted by Gasteiger charge is 2.09.